The molecule has 0 atom stereocenters. The smallest absolute Gasteiger partial charge is 0.263 e. The predicted molar refractivity (Wildman–Crippen MR) is 71.8 cm³/mol. The zero-order valence-electron chi connectivity index (χ0n) is 9.13. The van der Waals surface area contributed by atoms with E-state index in [1.54, 1.807) is 24.4 Å². The minimum atomic E-state index is 0.533. The largest absolute Gasteiger partial charge is 0.431 e. The summed E-state index contributed by atoms with van der Waals surface area (Å²) in [5.74, 6) is 0. The molecule has 0 saturated carbocycles. The van der Waals surface area contributed by atoms with E-state index in [0.717, 1.165) is 10.5 Å². The van der Waals surface area contributed by atoms with Gasteiger partial charge in [0.1, 0.15) is 10.5 Å². The van der Waals surface area contributed by atoms with Crippen LogP contribution in [0.2, 0.25) is 5.02 Å². The number of halogens is 1. The van der Waals surface area contributed by atoms with Crippen molar-refractivity contribution in [1.29, 1.82) is 0 Å². The fraction of sp³-hybridized carbons (Fsp3) is 0. The van der Waals surface area contributed by atoms with Crippen LogP contribution in [0.15, 0.2) is 51.2 Å². The zero-order valence-corrected chi connectivity index (χ0v) is 10.7. The highest BCUT2D eigenvalue weighted by Crippen LogP contribution is 2.29. The van der Waals surface area contributed by atoms with Gasteiger partial charge in [-0.25, -0.2) is 9.97 Å². The fourth-order valence-electron chi connectivity index (χ4n) is 1.48. The first kappa shape index (κ1) is 11.4. The van der Waals surface area contributed by atoms with Crippen molar-refractivity contribution >= 4 is 40.1 Å². The summed E-state index contributed by atoms with van der Waals surface area (Å²) in [5, 5.41) is 1.91. The van der Waals surface area contributed by atoms with Crippen LogP contribution < -0.4 is 5.73 Å². The van der Waals surface area contributed by atoms with Gasteiger partial charge in [0.15, 0.2) is 5.58 Å². The number of oxazole rings is 1. The number of rotatable bonds is 2. The Morgan fingerprint density at radius 3 is 2.89 bits per heavy atom. The van der Waals surface area contributed by atoms with Gasteiger partial charge in [0.25, 0.3) is 5.22 Å². The summed E-state index contributed by atoms with van der Waals surface area (Å²) in [6, 6.07) is 8.96. The summed E-state index contributed by atoms with van der Waals surface area (Å²) >= 11 is 7.11. The minimum Gasteiger partial charge on any atom is -0.431 e. The highest BCUT2D eigenvalue weighted by atomic mass is 35.5. The van der Waals surface area contributed by atoms with Gasteiger partial charge in [-0.1, -0.05) is 11.6 Å². The molecule has 3 rings (SSSR count). The van der Waals surface area contributed by atoms with E-state index in [4.69, 9.17) is 21.8 Å². The Kier molecular flexibility index (Phi) is 2.85. The molecule has 0 unspecified atom stereocenters. The second kappa shape index (κ2) is 4.51. The maximum absolute atomic E-state index is 5.77. The van der Waals surface area contributed by atoms with Crippen LogP contribution in [-0.4, -0.2) is 9.97 Å². The van der Waals surface area contributed by atoms with Gasteiger partial charge in [-0.05, 0) is 36.0 Å². The number of nitrogens with zero attached hydrogens (tertiary/aromatic N) is 2. The van der Waals surface area contributed by atoms with Gasteiger partial charge in [0.2, 0.25) is 0 Å². The molecule has 0 spiro atoms. The van der Waals surface area contributed by atoms with Crippen LogP contribution in [0.5, 0.6) is 0 Å². The molecule has 3 aromatic rings. The van der Waals surface area contributed by atoms with Crippen LogP contribution in [0.25, 0.3) is 11.1 Å². The molecule has 2 heterocycles. The molecule has 90 valence electrons. The first-order chi connectivity index (χ1) is 8.70. The lowest BCUT2D eigenvalue weighted by Gasteiger charge is -1.94. The number of aromatic nitrogens is 2. The van der Waals surface area contributed by atoms with Crippen molar-refractivity contribution in [3.05, 3.63) is 41.6 Å². The molecule has 1 aromatic carbocycles. The predicted octanol–water partition coefficient (Wildman–Crippen LogP) is 3.61. The van der Waals surface area contributed by atoms with E-state index in [-0.39, 0.29) is 0 Å². The topological polar surface area (TPSA) is 64.9 Å². The Bertz CT molecular complexity index is 696. The monoisotopic (exact) mass is 277 g/mol. The van der Waals surface area contributed by atoms with Crippen LogP contribution in [0, 0.1) is 0 Å². The SMILES string of the molecule is Nc1ccc2nc(Sc3ccc(Cl)cn3)oc2c1. The number of pyridine rings is 1. The molecule has 2 aromatic heterocycles. The average Bonchev–Trinajstić information content (AvgIpc) is 2.73. The van der Waals surface area contributed by atoms with Gasteiger partial charge >= 0.3 is 0 Å². The Morgan fingerprint density at radius 2 is 2.11 bits per heavy atom. The number of hydrogen-bond acceptors (Lipinski definition) is 5. The van der Waals surface area contributed by atoms with Crippen molar-refractivity contribution in [2.45, 2.75) is 10.2 Å². The molecule has 18 heavy (non-hydrogen) atoms. The highest BCUT2D eigenvalue weighted by molar-refractivity contribution is 7.99. The molecule has 4 nitrogen and oxygen atoms in total. The lowest BCUT2D eigenvalue weighted by molar-refractivity contribution is 0.489. The number of nitrogens with two attached hydrogens (primary N) is 1. The van der Waals surface area contributed by atoms with Gasteiger partial charge < -0.3 is 10.2 Å². The molecule has 0 aliphatic carbocycles. The van der Waals surface area contributed by atoms with Gasteiger partial charge in [0.05, 0.1) is 5.02 Å². The molecule has 0 aliphatic rings. The van der Waals surface area contributed by atoms with E-state index in [1.807, 2.05) is 12.1 Å². The molecule has 0 aliphatic heterocycles. The second-order valence-corrected chi connectivity index (χ2v) is 5.03. The van der Waals surface area contributed by atoms with Crippen molar-refractivity contribution in [2.24, 2.45) is 0 Å². The Labute approximate surface area is 112 Å². The summed E-state index contributed by atoms with van der Waals surface area (Å²) in [5.41, 5.74) is 7.78. The standard InChI is InChI=1S/C12H8ClN3OS/c13-7-1-4-11(15-6-7)18-12-16-9-3-2-8(14)5-10(9)17-12/h1-6H,14H2. The van der Waals surface area contributed by atoms with Crippen molar-refractivity contribution in [3.8, 4) is 0 Å². The summed E-state index contributed by atoms with van der Waals surface area (Å²) < 4.78 is 5.58. The van der Waals surface area contributed by atoms with E-state index < -0.39 is 0 Å². The third kappa shape index (κ3) is 2.27. The first-order valence-electron chi connectivity index (χ1n) is 5.16. The van der Waals surface area contributed by atoms with E-state index in [9.17, 15) is 0 Å². The molecule has 0 fully saturated rings. The summed E-state index contributed by atoms with van der Waals surface area (Å²) in [6.45, 7) is 0. The Hall–Kier alpha value is -1.72. The van der Waals surface area contributed by atoms with Crippen LogP contribution in [0.1, 0.15) is 0 Å². The molecule has 0 bridgehead atoms. The molecule has 2 N–H and O–H groups in total. The number of hydrogen-bond donors (Lipinski definition) is 1. The quantitative estimate of drug-likeness (QED) is 0.725. The van der Waals surface area contributed by atoms with Crippen LogP contribution in [0.3, 0.4) is 0 Å². The number of fused-ring (bicyclic) bond motifs is 1. The van der Waals surface area contributed by atoms with Crippen molar-refractivity contribution in [3.63, 3.8) is 0 Å². The van der Waals surface area contributed by atoms with Crippen molar-refractivity contribution < 1.29 is 4.42 Å². The average molecular weight is 278 g/mol. The normalized spacial score (nSPS) is 10.9. The van der Waals surface area contributed by atoms with Crippen molar-refractivity contribution in [1.82, 2.24) is 9.97 Å². The summed E-state index contributed by atoms with van der Waals surface area (Å²) in [7, 11) is 0. The zero-order chi connectivity index (χ0) is 12.5. The van der Waals surface area contributed by atoms with E-state index in [2.05, 4.69) is 9.97 Å². The third-order valence-electron chi connectivity index (χ3n) is 2.29. The van der Waals surface area contributed by atoms with Crippen LogP contribution in [-0.2, 0) is 0 Å². The van der Waals surface area contributed by atoms with Crippen LogP contribution in [0.4, 0.5) is 5.69 Å². The maximum atomic E-state index is 5.77. The highest BCUT2D eigenvalue weighted by Gasteiger charge is 2.08. The molecule has 6 heteroatoms. The van der Waals surface area contributed by atoms with Crippen LogP contribution >= 0.6 is 23.4 Å². The molecule has 0 saturated heterocycles. The first-order valence-corrected chi connectivity index (χ1v) is 6.36. The van der Waals surface area contributed by atoms with Gasteiger partial charge in [-0.2, -0.15) is 0 Å². The van der Waals surface area contributed by atoms with Gasteiger partial charge in [-0.15, -0.1) is 0 Å². The Morgan fingerprint density at radius 1 is 1.22 bits per heavy atom. The van der Waals surface area contributed by atoms with Gasteiger partial charge in [0, 0.05) is 18.0 Å². The molecule has 0 radical (unpaired) electrons. The molecule has 0 amide bonds. The summed E-state index contributed by atoms with van der Waals surface area (Å²) in [6.07, 6.45) is 1.59. The lowest BCUT2D eigenvalue weighted by atomic mass is 10.3. The Balaban J connectivity index is 1.92. The number of nitrogen functional groups attached to an aromatic ring is 1. The van der Waals surface area contributed by atoms with E-state index in [1.165, 1.54) is 11.8 Å². The molecular formula is C12H8ClN3OS. The number of benzene rings is 1. The minimum absolute atomic E-state index is 0.533. The fourth-order valence-corrected chi connectivity index (χ4v) is 2.28. The maximum Gasteiger partial charge on any atom is 0.263 e. The van der Waals surface area contributed by atoms with E-state index >= 15 is 0 Å². The van der Waals surface area contributed by atoms with E-state index in [0.29, 0.717) is 21.5 Å². The van der Waals surface area contributed by atoms with Gasteiger partial charge in [-0.3, -0.25) is 0 Å². The van der Waals surface area contributed by atoms with Crippen molar-refractivity contribution in [2.75, 3.05) is 5.73 Å². The summed E-state index contributed by atoms with van der Waals surface area (Å²) in [4.78, 5) is 8.51. The molecular weight excluding hydrogens is 270 g/mol. The lowest BCUT2D eigenvalue weighted by Crippen LogP contribution is -1.81. The number of anilines is 1. The second-order valence-electron chi connectivity index (χ2n) is 3.62. The third-order valence-corrected chi connectivity index (χ3v) is 3.31.